The number of Topliss-reactive ketones (excluding diaryl/α,β-unsaturated/α-hetero) is 1. The Morgan fingerprint density at radius 2 is 1.90 bits per heavy atom. The standard InChI is InChI=1S/C25H32ClNO3S/c1-18(22-5-3-6-24(26)17-22)15-19-8-9-23(16-19)20-10-12-21(13-11-20)25(28)7-4-14-27-31(2,29)30/h3,5-6,10-13,17-19,23,27H,4,7-9,14-16H2,1-2H3/t18-,19?,23-/m0/s1. The van der Waals surface area contributed by atoms with Gasteiger partial charge in [-0.05, 0) is 73.1 Å². The minimum Gasteiger partial charge on any atom is -0.294 e. The van der Waals surface area contributed by atoms with Crippen molar-refractivity contribution in [2.24, 2.45) is 5.92 Å². The molecule has 0 aromatic heterocycles. The highest BCUT2D eigenvalue weighted by atomic mass is 35.5. The molecule has 1 fully saturated rings. The van der Waals surface area contributed by atoms with Crippen molar-refractivity contribution >= 4 is 27.4 Å². The van der Waals surface area contributed by atoms with Gasteiger partial charge in [0.25, 0.3) is 0 Å². The normalized spacial score (nSPS) is 20.0. The minimum atomic E-state index is -3.20. The molecule has 0 bridgehead atoms. The Kier molecular flexibility index (Phi) is 8.31. The van der Waals surface area contributed by atoms with E-state index in [2.05, 4.69) is 35.9 Å². The Hall–Kier alpha value is -1.69. The van der Waals surface area contributed by atoms with Gasteiger partial charge in [0.1, 0.15) is 0 Å². The van der Waals surface area contributed by atoms with Crippen LogP contribution in [-0.2, 0) is 10.0 Å². The van der Waals surface area contributed by atoms with Gasteiger partial charge in [0.2, 0.25) is 10.0 Å². The van der Waals surface area contributed by atoms with Crippen LogP contribution in [0.5, 0.6) is 0 Å². The van der Waals surface area contributed by atoms with E-state index in [1.54, 1.807) is 0 Å². The van der Waals surface area contributed by atoms with Gasteiger partial charge in [-0.1, -0.05) is 54.9 Å². The van der Waals surface area contributed by atoms with Crippen LogP contribution in [0.25, 0.3) is 0 Å². The molecular weight excluding hydrogens is 430 g/mol. The average molecular weight is 462 g/mol. The summed E-state index contributed by atoms with van der Waals surface area (Å²) in [5, 5.41) is 0.801. The number of nitrogens with one attached hydrogen (secondary N) is 1. The van der Waals surface area contributed by atoms with Crippen LogP contribution in [0.1, 0.15) is 78.8 Å². The fourth-order valence-corrected chi connectivity index (χ4v) is 5.35. The molecule has 1 N–H and O–H groups in total. The maximum absolute atomic E-state index is 12.3. The van der Waals surface area contributed by atoms with Crippen LogP contribution in [0, 0.1) is 5.92 Å². The zero-order valence-corrected chi connectivity index (χ0v) is 19.9. The molecule has 0 saturated heterocycles. The van der Waals surface area contributed by atoms with Crippen molar-refractivity contribution in [2.75, 3.05) is 12.8 Å². The summed E-state index contributed by atoms with van der Waals surface area (Å²) in [6.07, 6.45) is 6.77. The van der Waals surface area contributed by atoms with E-state index >= 15 is 0 Å². The molecule has 0 heterocycles. The second-order valence-electron chi connectivity index (χ2n) is 8.88. The van der Waals surface area contributed by atoms with Crippen molar-refractivity contribution in [1.82, 2.24) is 4.72 Å². The predicted octanol–water partition coefficient (Wildman–Crippen LogP) is 5.93. The lowest BCUT2D eigenvalue weighted by Crippen LogP contribution is -2.23. The Labute approximate surface area is 191 Å². The van der Waals surface area contributed by atoms with Crippen LogP contribution >= 0.6 is 11.6 Å². The molecule has 0 aliphatic heterocycles. The number of sulfonamides is 1. The molecule has 168 valence electrons. The van der Waals surface area contributed by atoms with Crippen molar-refractivity contribution < 1.29 is 13.2 Å². The topological polar surface area (TPSA) is 63.2 Å². The zero-order valence-electron chi connectivity index (χ0n) is 18.3. The number of halogens is 1. The molecule has 1 saturated carbocycles. The fraction of sp³-hybridized carbons (Fsp3) is 0.480. The number of carbonyl (C=O) groups excluding carboxylic acids is 1. The molecule has 0 amide bonds. The van der Waals surface area contributed by atoms with E-state index in [0.29, 0.717) is 42.7 Å². The van der Waals surface area contributed by atoms with Gasteiger partial charge in [0.15, 0.2) is 5.78 Å². The molecule has 3 atom stereocenters. The fourth-order valence-electron chi connectivity index (χ4n) is 4.63. The van der Waals surface area contributed by atoms with E-state index in [-0.39, 0.29) is 5.78 Å². The quantitative estimate of drug-likeness (QED) is 0.352. The van der Waals surface area contributed by atoms with Crippen molar-refractivity contribution in [2.45, 2.75) is 57.3 Å². The number of carbonyl (C=O) groups is 1. The van der Waals surface area contributed by atoms with Crippen molar-refractivity contribution in [3.63, 3.8) is 0 Å². The van der Waals surface area contributed by atoms with Gasteiger partial charge in [-0.3, -0.25) is 4.79 Å². The van der Waals surface area contributed by atoms with Crippen LogP contribution in [-0.4, -0.2) is 27.0 Å². The first-order chi connectivity index (χ1) is 14.7. The summed E-state index contributed by atoms with van der Waals surface area (Å²) in [6, 6.07) is 16.2. The lowest BCUT2D eigenvalue weighted by atomic mass is 9.88. The maximum Gasteiger partial charge on any atom is 0.208 e. The second-order valence-corrected chi connectivity index (χ2v) is 11.2. The molecule has 1 aliphatic carbocycles. The van der Waals surface area contributed by atoms with Crippen LogP contribution in [0.15, 0.2) is 48.5 Å². The summed E-state index contributed by atoms with van der Waals surface area (Å²) in [4.78, 5) is 12.3. The Morgan fingerprint density at radius 3 is 2.58 bits per heavy atom. The zero-order chi connectivity index (χ0) is 22.4. The van der Waals surface area contributed by atoms with E-state index in [9.17, 15) is 13.2 Å². The smallest absolute Gasteiger partial charge is 0.208 e. The third-order valence-electron chi connectivity index (χ3n) is 6.29. The largest absolute Gasteiger partial charge is 0.294 e. The first-order valence-corrected chi connectivity index (χ1v) is 13.3. The molecule has 0 radical (unpaired) electrons. The summed E-state index contributed by atoms with van der Waals surface area (Å²) in [5.41, 5.74) is 3.32. The highest BCUT2D eigenvalue weighted by molar-refractivity contribution is 7.88. The predicted molar refractivity (Wildman–Crippen MR) is 127 cm³/mol. The van der Waals surface area contributed by atoms with Crippen LogP contribution in [0.2, 0.25) is 5.02 Å². The van der Waals surface area contributed by atoms with E-state index in [4.69, 9.17) is 11.6 Å². The molecule has 3 rings (SSSR count). The van der Waals surface area contributed by atoms with E-state index in [0.717, 1.165) is 11.3 Å². The number of rotatable bonds is 10. The lowest BCUT2D eigenvalue weighted by Gasteiger charge is -2.18. The molecule has 0 spiro atoms. The maximum atomic E-state index is 12.3. The molecule has 1 unspecified atom stereocenters. The summed E-state index contributed by atoms with van der Waals surface area (Å²) in [7, 11) is -3.20. The molecule has 6 heteroatoms. The van der Waals surface area contributed by atoms with Gasteiger partial charge in [-0.2, -0.15) is 0 Å². The van der Waals surface area contributed by atoms with E-state index in [1.165, 1.54) is 36.8 Å². The first-order valence-electron chi connectivity index (χ1n) is 11.0. The van der Waals surface area contributed by atoms with Crippen molar-refractivity contribution in [3.8, 4) is 0 Å². The van der Waals surface area contributed by atoms with Crippen molar-refractivity contribution in [3.05, 3.63) is 70.2 Å². The highest BCUT2D eigenvalue weighted by Gasteiger charge is 2.27. The van der Waals surface area contributed by atoms with Crippen LogP contribution < -0.4 is 4.72 Å². The van der Waals surface area contributed by atoms with Gasteiger partial charge in [-0.15, -0.1) is 0 Å². The molecule has 4 nitrogen and oxygen atoms in total. The first kappa shape index (κ1) is 24.0. The van der Waals surface area contributed by atoms with Gasteiger partial charge >= 0.3 is 0 Å². The van der Waals surface area contributed by atoms with E-state index in [1.807, 2.05) is 24.3 Å². The summed E-state index contributed by atoms with van der Waals surface area (Å²) in [5.74, 6) is 1.82. The third kappa shape index (κ3) is 7.44. The molecule has 2 aromatic carbocycles. The monoisotopic (exact) mass is 461 g/mol. The number of hydrogen-bond donors (Lipinski definition) is 1. The third-order valence-corrected chi connectivity index (χ3v) is 7.26. The Bertz CT molecular complexity index is 988. The second kappa shape index (κ2) is 10.8. The van der Waals surface area contributed by atoms with Gasteiger partial charge in [0.05, 0.1) is 6.26 Å². The van der Waals surface area contributed by atoms with E-state index < -0.39 is 10.0 Å². The number of hydrogen-bond acceptors (Lipinski definition) is 3. The minimum absolute atomic E-state index is 0.0569. The Morgan fingerprint density at radius 1 is 1.16 bits per heavy atom. The summed E-state index contributed by atoms with van der Waals surface area (Å²) in [6.45, 7) is 2.57. The Balaban J connectivity index is 1.48. The molecule has 2 aromatic rings. The average Bonchev–Trinajstić information content (AvgIpc) is 3.19. The van der Waals surface area contributed by atoms with Gasteiger partial charge in [0, 0.05) is 23.6 Å². The molecule has 1 aliphatic rings. The summed E-state index contributed by atoms with van der Waals surface area (Å²) >= 11 is 6.15. The SMILES string of the molecule is C[C@@H](CC1CC[C@H](c2ccc(C(=O)CCCNS(C)(=O)=O)cc2)C1)c1cccc(Cl)c1. The lowest BCUT2D eigenvalue weighted by molar-refractivity contribution is 0.0980. The number of benzene rings is 2. The highest BCUT2D eigenvalue weighted by Crippen LogP contribution is 2.42. The van der Waals surface area contributed by atoms with Crippen LogP contribution in [0.4, 0.5) is 0 Å². The number of ketones is 1. The van der Waals surface area contributed by atoms with Gasteiger partial charge in [-0.25, -0.2) is 13.1 Å². The molecular formula is C25H32ClNO3S. The summed E-state index contributed by atoms with van der Waals surface area (Å²) < 4.78 is 24.6. The van der Waals surface area contributed by atoms with Crippen molar-refractivity contribution in [1.29, 1.82) is 0 Å². The van der Waals surface area contributed by atoms with Crippen LogP contribution in [0.3, 0.4) is 0 Å². The molecule has 31 heavy (non-hydrogen) atoms. The van der Waals surface area contributed by atoms with Gasteiger partial charge < -0.3 is 0 Å².